The molecule has 0 N–H and O–H groups in total. The van der Waals surface area contributed by atoms with Crippen molar-refractivity contribution in [2.75, 3.05) is 43.4 Å². The van der Waals surface area contributed by atoms with Gasteiger partial charge in [0.1, 0.15) is 11.6 Å². The van der Waals surface area contributed by atoms with E-state index in [1.165, 1.54) is 0 Å². The van der Waals surface area contributed by atoms with E-state index in [2.05, 4.69) is 25.0 Å². The Kier molecular flexibility index (Phi) is 5.20. The van der Waals surface area contributed by atoms with Crippen LogP contribution in [-0.4, -0.2) is 72.9 Å². The van der Waals surface area contributed by atoms with E-state index in [4.69, 9.17) is 4.98 Å². The van der Waals surface area contributed by atoms with Gasteiger partial charge in [0, 0.05) is 58.0 Å². The van der Waals surface area contributed by atoms with Crippen LogP contribution in [-0.2, 0) is 25.8 Å². The number of nitrogens with zero attached hydrogens (tertiary/aromatic N) is 8. The zero-order valence-electron chi connectivity index (χ0n) is 17.4. The molecule has 5 heterocycles. The fraction of sp³-hybridized carbons (Fsp3) is 0.550. The van der Waals surface area contributed by atoms with E-state index in [9.17, 15) is 4.79 Å². The van der Waals surface area contributed by atoms with Crippen LogP contribution in [0.5, 0.6) is 0 Å². The summed E-state index contributed by atoms with van der Waals surface area (Å²) in [6.07, 6.45) is 2.81. The number of piperazine rings is 1. The number of aryl methyl sites for hydroxylation is 3. The molecule has 0 aliphatic carbocycles. The fourth-order valence-corrected chi connectivity index (χ4v) is 5.14. The van der Waals surface area contributed by atoms with Crippen molar-refractivity contribution in [1.29, 1.82) is 0 Å². The van der Waals surface area contributed by atoms with E-state index >= 15 is 0 Å². The van der Waals surface area contributed by atoms with Crippen molar-refractivity contribution in [3.05, 3.63) is 39.7 Å². The van der Waals surface area contributed by atoms with Crippen LogP contribution in [0.2, 0.25) is 0 Å². The summed E-state index contributed by atoms with van der Waals surface area (Å²) < 4.78 is 3.44. The number of fused-ring (bicyclic) bond motifs is 2. The fourth-order valence-electron chi connectivity index (χ4n) is 4.19. The summed E-state index contributed by atoms with van der Waals surface area (Å²) in [6, 6.07) is 1.78. The predicted octanol–water partition coefficient (Wildman–Crippen LogP) is 0.840. The molecule has 9 nitrogen and oxygen atoms in total. The Morgan fingerprint density at radius 2 is 1.97 bits per heavy atom. The maximum Gasteiger partial charge on any atom is 0.267 e. The van der Waals surface area contributed by atoms with Crippen molar-refractivity contribution in [3.63, 3.8) is 0 Å². The van der Waals surface area contributed by atoms with Gasteiger partial charge in [0.15, 0.2) is 5.65 Å². The van der Waals surface area contributed by atoms with Crippen molar-refractivity contribution in [1.82, 2.24) is 34.4 Å². The van der Waals surface area contributed by atoms with Crippen LogP contribution in [0.3, 0.4) is 0 Å². The van der Waals surface area contributed by atoms with Crippen LogP contribution in [0.1, 0.15) is 17.1 Å². The Labute approximate surface area is 179 Å². The highest BCUT2D eigenvalue weighted by Gasteiger charge is 2.22. The number of anilines is 1. The molecule has 2 aliphatic rings. The molecule has 0 spiro atoms. The summed E-state index contributed by atoms with van der Waals surface area (Å²) in [4.78, 5) is 26.3. The Hall–Kier alpha value is -2.46. The zero-order valence-corrected chi connectivity index (χ0v) is 18.2. The van der Waals surface area contributed by atoms with Gasteiger partial charge in [-0.05, 0) is 18.2 Å². The summed E-state index contributed by atoms with van der Waals surface area (Å²) in [6.45, 7) is 7.04. The molecule has 3 aromatic rings. The van der Waals surface area contributed by atoms with Crippen molar-refractivity contribution >= 4 is 28.6 Å². The highest BCUT2D eigenvalue weighted by molar-refractivity contribution is 7.98. The lowest BCUT2D eigenvalue weighted by atomic mass is 10.2. The summed E-state index contributed by atoms with van der Waals surface area (Å²) in [5.74, 6) is 3.73. The summed E-state index contributed by atoms with van der Waals surface area (Å²) >= 11 is 1.87. The highest BCUT2D eigenvalue weighted by atomic mass is 32.2. The number of aromatic nitrogens is 6. The van der Waals surface area contributed by atoms with Gasteiger partial charge in [0.05, 0.1) is 23.8 Å². The Morgan fingerprint density at radius 3 is 2.80 bits per heavy atom. The lowest BCUT2D eigenvalue weighted by molar-refractivity contribution is 0.242. The second-order valence-electron chi connectivity index (χ2n) is 7.91. The van der Waals surface area contributed by atoms with Gasteiger partial charge < -0.3 is 4.90 Å². The standard InChI is InChI=1S/C20H26N8OS/c1-14-22-19-16(12-21-25(19)2)20(23-14)27-7-4-26(5-8-27)6-9-28-18(29)11-15-13-30-10-3-17(15)24-28/h11-12H,3-10,13H2,1-2H3. The minimum atomic E-state index is 0.0188. The molecule has 0 amide bonds. The van der Waals surface area contributed by atoms with Crippen molar-refractivity contribution < 1.29 is 0 Å². The molecule has 10 heteroatoms. The lowest BCUT2D eigenvalue weighted by Gasteiger charge is -2.35. The quantitative estimate of drug-likeness (QED) is 0.607. The molecule has 0 saturated carbocycles. The minimum absolute atomic E-state index is 0.0188. The van der Waals surface area contributed by atoms with Gasteiger partial charge in [0.25, 0.3) is 5.56 Å². The van der Waals surface area contributed by atoms with Gasteiger partial charge >= 0.3 is 0 Å². The molecule has 0 bridgehead atoms. The third-order valence-electron chi connectivity index (χ3n) is 5.89. The molecular weight excluding hydrogens is 400 g/mol. The summed E-state index contributed by atoms with van der Waals surface area (Å²) in [5, 5.41) is 9.98. The van der Waals surface area contributed by atoms with Gasteiger partial charge in [0.2, 0.25) is 0 Å². The third kappa shape index (κ3) is 3.69. The molecule has 2 aliphatic heterocycles. The maximum absolute atomic E-state index is 12.4. The molecule has 30 heavy (non-hydrogen) atoms. The van der Waals surface area contributed by atoms with E-state index in [0.29, 0.717) is 6.54 Å². The first-order valence-corrected chi connectivity index (χ1v) is 11.6. The van der Waals surface area contributed by atoms with E-state index in [-0.39, 0.29) is 5.56 Å². The molecule has 0 radical (unpaired) electrons. The summed E-state index contributed by atoms with van der Waals surface area (Å²) in [5.41, 5.74) is 3.10. The molecule has 1 fully saturated rings. The van der Waals surface area contributed by atoms with Crippen LogP contribution < -0.4 is 10.5 Å². The molecule has 0 unspecified atom stereocenters. The van der Waals surface area contributed by atoms with E-state index in [0.717, 1.165) is 84.6 Å². The number of hydrogen-bond acceptors (Lipinski definition) is 8. The molecule has 1 saturated heterocycles. The van der Waals surface area contributed by atoms with E-state index in [1.54, 1.807) is 15.4 Å². The number of thioether (sulfide) groups is 1. The lowest BCUT2D eigenvalue weighted by Crippen LogP contribution is -2.48. The number of hydrogen-bond donors (Lipinski definition) is 0. The Morgan fingerprint density at radius 1 is 1.13 bits per heavy atom. The second kappa shape index (κ2) is 7.99. The third-order valence-corrected chi connectivity index (χ3v) is 6.90. The average Bonchev–Trinajstić information content (AvgIpc) is 3.12. The van der Waals surface area contributed by atoms with Crippen molar-refractivity contribution in [2.45, 2.75) is 25.6 Å². The molecular formula is C20H26N8OS. The molecule has 3 aromatic heterocycles. The van der Waals surface area contributed by atoms with Gasteiger partial charge in [-0.2, -0.15) is 22.0 Å². The molecule has 0 atom stereocenters. The first kappa shape index (κ1) is 19.5. The Balaban J connectivity index is 1.24. The van der Waals surface area contributed by atoms with Gasteiger partial charge in [-0.1, -0.05) is 0 Å². The second-order valence-corrected chi connectivity index (χ2v) is 9.01. The minimum Gasteiger partial charge on any atom is -0.353 e. The first-order chi connectivity index (χ1) is 14.6. The predicted molar refractivity (Wildman–Crippen MR) is 118 cm³/mol. The maximum atomic E-state index is 12.4. The highest BCUT2D eigenvalue weighted by Crippen LogP contribution is 2.24. The average molecular weight is 427 g/mol. The van der Waals surface area contributed by atoms with Crippen molar-refractivity contribution in [3.8, 4) is 0 Å². The van der Waals surface area contributed by atoms with Gasteiger partial charge in [-0.3, -0.25) is 14.4 Å². The van der Waals surface area contributed by atoms with Crippen LogP contribution in [0, 0.1) is 6.92 Å². The van der Waals surface area contributed by atoms with Crippen LogP contribution in [0.4, 0.5) is 5.82 Å². The normalized spacial score (nSPS) is 17.5. The smallest absolute Gasteiger partial charge is 0.267 e. The van der Waals surface area contributed by atoms with Crippen LogP contribution in [0.25, 0.3) is 11.0 Å². The van der Waals surface area contributed by atoms with E-state index < -0.39 is 0 Å². The van der Waals surface area contributed by atoms with Crippen molar-refractivity contribution in [2.24, 2.45) is 7.05 Å². The molecule has 0 aromatic carbocycles. The zero-order chi connectivity index (χ0) is 20.7. The van der Waals surface area contributed by atoms with E-state index in [1.807, 2.05) is 31.9 Å². The number of rotatable bonds is 4. The van der Waals surface area contributed by atoms with Crippen LogP contribution in [0.15, 0.2) is 17.1 Å². The molecule has 5 rings (SSSR count). The SMILES string of the molecule is Cc1nc(N2CCN(CCn3nc4c(cc3=O)CSCC4)CC2)c2cnn(C)c2n1. The van der Waals surface area contributed by atoms with Crippen LogP contribution >= 0.6 is 11.8 Å². The summed E-state index contributed by atoms with van der Waals surface area (Å²) in [7, 11) is 1.91. The first-order valence-electron chi connectivity index (χ1n) is 10.4. The van der Waals surface area contributed by atoms with Gasteiger partial charge in [-0.25, -0.2) is 14.6 Å². The topological polar surface area (TPSA) is 85.0 Å². The molecule has 158 valence electrons. The van der Waals surface area contributed by atoms with Gasteiger partial charge in [-0.15, -0.1) is 0 Å². The largest absolute Gasteiger partial charge is 0.353 e. The Bertz CT molecular complexity index is 1130. The monoisotopic (exact) mass is 426 g/mol.